The van der Waals surface area contributed by atoms with Gasteiger partial charge in [-0.05, 0) is 30.4 Å². The van der Waals surface area contributed by atoms with Crippen LogP contribution in [0.15, 0.2) is 27.4 Å². The molecule has 0 radical (unpaired) electrons. The summed E-state index contributed by atoms with van der Waals surface area (Å²) in [6, 6.07) is 3.55. The number of aromatic nitrogens is 2. The molecule has 0 aromatic carbocycles. The molecule has 2 aromatic rings. The minimum absolute atomic E-state index is 0.163. The van der Waals surface area contributed by atoms with Crippen molar-refractivity contribution in [3.8, 4) is 0 Å². The highest BCUT2D eigenvalue weighted by Crippen LogP contribution is 2.12. The summed E-state index contributed by atoms with van der Waals surface area (Å²) in [6.45, 7) is 4.08. The van der Waals surface area contributed by atoms with Crippen molar-refractivity contribution in [1.82, 2.24) is 9.97 Å². The number of nitrogens with one attached hydrogen (secondary N) is 2. The van der Waals surface area contributed by atoms with Crippen molar-refractivity contribution in [1.29, 1.82) is 0 Å². The summed E-state index contributed by atoms with van der Waals surface area (Å²) in [6.07, 6.45) is 3.46. The van der Waals surface area contributed by atoms with E-state index in [0.717, 1.165) is 23.4 Å². The predicted molar refractivity (Wildman–Crippen MR) is 79.1 cm³/mol. The Bertz CT molecular complexity index is 630. The average molecular weight is 276 g/mol. The highest BCUT2D eigenvalue weighted by atomic mass is 32.1. The third kappa shape index (κ3) is 3.75. The van der Waals surface area contributed by atoms with Gasteiger partial charge in [0, 0.05) is 16.6 Å². The maximum absolute atomic E-state index is 11.4. The van der Waals surface area contributed by atoms with Crippen molar-refractivity contribution in [2.75, 3.05) is 5.43 Å². The molecular formula is C13H16N4OS. The molecule has 0 aliphatic carbocycles. The fraction of sp³-hybridized carbons (Fsp3) is 0.308. The van der Waals surface area contributed by atoms with E-state index in [0.29, 0.717) is 5.95 Å². The van der Waals surface area contributed by atoms with E-state index in [1.807, 2.05) is 25.3 Å². The number of aryl methyl sites for hydroxylation is 2. The van der Waals surface area contributed by atoms with Crippen LogP contribution in [0.25, 0.3) is 0 Å². The van der Waals surface area contributed by atoms with E-state index in [2.05, 4.69) is 20.5 Å². The first-order valence-corrected chi connectivity index (χ1v) is 7.00. The molecule has 0 saturated carbocycles. The third-order valence-electron chi connectivity index (χ3n) is 2.55. The minimum atomic E-state index is -0.163. The Kier molecular flexibility index (Phi) is 4.46. The predicted octanol–water partition coefficient (Wildman–Crippen LogP) is 2.54. The average Bonchev–Trinajstić information content (AvgIpc) is 2.75. The maximum Gasteiger partial charge on any atom is 0.252 e. The third-order valence-corrected chi connectivity index (χ3v) is 3.51. The fourth-order valence-electron chi connectivity index (χ4n) is 1.61. The minimum Gasteiger partial charge on any atom is -0.291 e. The molecule has 2 N–H and O–H groups in total. The Hall–Kier alpha value is -1.95. The van der Waals surface area contributed by atoms with Crippen LogP contribution in [0.1, 0.15) is 29.5 Å². The van der Waals surface area contributed by atoms with Crippen LogP contribution in [0.2, 0.25) is 0 Å². The lowest BCUT2D eigenvalue weighted by atomic mass is 10.2. The molecule has 2 heterocycles. The summed E-state index contributed by atoms with van der Waals surface area (Å²) in [5, 5.41) is 6.10. The highest BCUT2D eigenvalue weighted by molar-refractivity contribution is 7.11. The Morgan fingerprint density at radius 2 is 2.42 bits per heavy atom. The van der Waals surface area contributed by atoms with Crippen LogP contribution in [0.3, 0.4) is 0 Å². The maximum atomic E-state index is 11.4. The van der Waals surface area contributed by atoms with Gasteiger partial charge in [0.05, 0.1) is 6.21 Å². The molecule has 0 fully saturated rings. The zero-order valence-electron chi connectivity index (χ0n) is 10.9. The number of hydrazone groups is 1. The molecular weight excluding hydrogens is 260 g/mol. The topological polar surface area (TPSA) is 70.1 Å². The van der Waals surface area contributed by atoms with E-state index < -0.39 is 0 Å². The number of thiophene rings is 1. The number of hydrogen-bond acceptors (Lipinski definition) is 5. The van der Waals surface area contributed by atoms with Gasteiger partial charge in [-0.1, -0.05) is 13.3 Å². The van der Waals surface area contributed by atoms with Gasteiger partial charge in [-0.25, -0.2) is 10.4 Å². The molecule has 100 valence electrons. The van der Waals surface area contributed by atoms with Gasteiger partial charge in [0.2, 0.25) is 5.95 Å². The van der Waals surface area contributed by atoms with Crippen LogP contribution < -0.4 is 11.0 Å². The highest BCUT2D eigenvalue weighted by Gasteiger charge is 2.00. The zero-order chi connectivity index (χ0) is 13.7. The fourth-order valence-corrected chi connectivity index (χ4v) is 2.40. The lowest BCUT2D eigenvalue weighted by Gasteiger charge is -2.01. The summed E-state index contributed by atoms with van der Waals surface area (Å²) >= 11 is 1.62. The molecule has 5 nitrogen and oxygen atoms in total. The summed E-state index contributed by atoms with van der Waals surface area (Å²) in [7, 11) is 0. The van der Waals surface area contributed by atoms with Crippen molar-refractivity contribution in [3.05, 3.63) is 44.0 Å². The van der Waals surface area contributed by atoms with Gasteiger partial charge >= 0.3 is 0 Å². The first-order chi connectivity index (χ1) is 9.19. The molecule has 2 aromatic heterocycles. The van der Waals surface area contributed by atoms with Crippen molar-refractivity contribution in [2.45, 2.75) is 26.7 Å². The number of anilines is 1. The number of H-pyrrole nitrogens is 1. The van der Waals surface area contributed by atoms with Gasteiger partial charge < -0.3 is 0 Å². The first kappa shape index (κ1) is 13.5. The monoisotopic (exact) mass is 276 g/mol. The second-order valence-electron chi connectivity index (χ2n) is 4.17. The number of aromatic amines is 1. The van der Waals surface area contributed by atoms with Crippen LogP contribution in [0.4, 0.5) is 5.95 Å². The molecule has 0 unspecified atom stereocenters. The number of rotatable bonds is 5. The SMILES string of the molecule is CCCc1cc(=O)[nH]c(N/N=C\c2sccc2C)n1. The molecule has 0 saturated heterocycles. The lowest BCUT2D eigenvalue weighted by Crippen LogP contribution is -2.11. The molecule has 0 amide bonds. The van der Waals surface area contributed by atoms with Crippen LogP contribution in [0, 0.1) is 6.92 Å². The van der Waals surface area contributed by atoms with Crippen molar-refractivity contribution >= 4 is 23.5 Å². The van der Waals surface area contributed by atoms with Gasteiger partial charge in [-0.15, -0.1) is 11.3 Å². The Balaban J connectivity index is 2.09. The van der Waals surface area contributed by atoms with Crippen LogP contribution in [0.5, 0.6) is 0 Å². The number of nitrogens with zero attached hydrogens (tertiary/aromatic N) is 2. The molecule has 19 heavy (non-hydrogen) atoms. The van der Waals surface area contributed by atoms with Crippen LogP contribution >= 0.6 is 11.3 Å². The summed E-state index contributed by atoms with van der Waals surface area (Å²) < 4.78 is 0. The summed E-state index contributed by atoms with van der Waals surface area (Å²) in [5.41, 5.74) is 4.55. The van der Waals surface area contributed by atoms with Crippen LogP contribution in [-0.2, 0) is 6.42 Å². The van der Waals surface area contributed by atoms with E-state index in [1.54, 1.807) is 17.6 Å². The molecule has 0 bridgehead atoms. The molecule has 0 spiro atoms. The van der Waals surface area contributed by atoms with Gasteiger partial charge in [-0.3, -0.25) is 9.78 Å². The Morgan fingerprint density at radius 3 is 3.11 bits per heavy atom. The summed E-state index contributed by atoms with van der Waals surface area (Å²) in [5.74, 6) is 0.376. The van der Waals surface area contributed by atoms with E-state index >= 15 is 0 Å². The normalized spacial score (nSPS) is 11.1. The molecule has 6 heteroatoms. The van der Waals surface area contributed by atoms with Gasteiger partial charge in [0.1, 0.15) is 0 Å². The van der Waals surface area contributed by atoms with E-state index in [1.165, 1.54) is 11.6 Å². The Labute approximate surface area is 115 Å². The smallest absolute Gasteiger partial charge is 0.252 e. The van der Waals surface area contributed by atoms with E-state index in [9.17, 15) is 4.79 Å². The second-order valence-corrected chi connectivity index (χ2v) is 5.12. The van der Waals surface area contributed by atoms with Crippen molar-refractivity contribution in [2.24, 2.45) is 5.10 Å². The van der Waals surface area contributed by atoms with Gasteiger partial charge in [0.25, 0.3) is 5.56 Å². The van der Waals surface area contributed by atoms with E-state index in [4.69, 9.17) is 0 Å². The molecule has 0 atom stereocenters. The quantitative estimate of drug-likeness (QED) is 0.651. The van der Waals surface area contributed by atoms with Crippen molar-refractivity contribution in [3.63, 3.8) is 0 Å². The van der Waals surface area contributed by atoms with Gasteiger partial charge in [-0.2, -0.15) is 5.10 Å². The molecule has 2 rings (SSSR count). The van der Waals surface area contributed by atoms with Crippen molar-refractivity contribution < 1.29 is 0 Å². The summed E-state index contributed by atoms with van der Waals surface area (Å²) in [4.78, 5) is 19.4. The lowest BCUT2D eigenvalue weighted by molar-refractivity contribution is 0.867. The largest absolute Gasteiger partial charge is 0.291 e. The van der Waals surface area contributed by atoms with Gasteiger partial charge in [0.15, 0.2) is 0 Å². The van der Waals surface area contributed by atoms with E-state index in [-0.39, 0.29) is 5.56 Å². The molecule has 0 aliphatic rings. The first-order valence-electron chi connectivity index (χ1n) is 6.12. The van der Waals surface area contributed by atoms with Crippen LogP contribution in [-0.4, -0.2) is 16.2 Å². The Morgan fingerprint density at radius 1 is 1.58 bits per heavy atom. The molecule has 0 aliphatic heterocycles. The standard InChI is InChI=1S/C13H16N4OS/c1-3-4-10-7-12(18)16-13(15-10)17-14-8-11-9(2)5-6-19-11/h5-8H,3-4H2,1-2H3,(H2,15,16,17,18)/b14-8-. The second kappa shape index (κ2) is 6.29. The zero-order valence-corrected chi connectivity index (χ0v) is 11.8. The number of hydrogen-bond donors (Lipinski definition) is 2.